The SMILES string of the molecule is Cc1cccc(C)c1NC(=O)CN(C)C(=O)C(NC(=O)c1ccccc1)C(C)C. The molecule has 0 radical (unpaired) electrons. The summed E-state index contributed by atoms with van der Waals surface area (Å²) in [6.07, 6.45) is 0. The third-order valence-corrected chi connectivity index (χ3v) is 4.76. The van der Waals surface area contributed by atoms with Crippen LogP contribution in [0.3, 0.4) is 0 Å². The summed E-state index contributed by atoms with van der Waals surface area (Å²) >= 11 is 0. The molecule has 0 aliphatic carbocycles. The van der Waals surface area contributed by atoms with Crippen molar-refractivity contribution in [3.63, 3.8) is 0 Å². The van der Waals surface area contributed by atoms with Crippen LogP contribution < -0.4 is 10.6 Å². The minimum absolute atomic E-state index is 0.100. The van der Waals surface area contributed by atoms with E-state index in [4.69, 9.17) is 0 Å². The molecular formula is C23H29N3O3. The molecule has 3 amide bonds. The molecule has 0 saturated heterocycles. The number of para-hydroxylation sites is 1. The maximum Gasteiger partial charge on any atom is 0.251 e. The number of carbonyl (C=O) groups is 3. The summed E-state index contributed by atoms with van der Waals surface area (Å²) in [4.78, 5) is 39.2. The normalized spacial score (nSPS) is 11.7. The Morgan fingerprint density at radius 1 is 0.931 bits per heavy atom. The first-order valence-corrected chi connectivity index (χ1v) is 9.67. The molecule has 0 heterocycles. The summed E-state index contributed by atoms with van der Waals surface area (Å²) in [7, 11) is 1.57. The van der Waals surface area contributed by atoms with E-state index < -0.39 is 6.04 Å². The third kappa shape index (κ3) is 5.91. The van der Waals surface area contributed by atoms with Crippen LogP contribution in [-0.4, -0.2) is 42.3 Å². The first kappa shape index (κ1) is 22.1. The second-order valence-electron chi connectivity index (χ2n) is 7.57. The number of aryl methyl sites for hydroxylation is 2. The maximum absolute atomic E-state index is 12.9. The second-order valence-corrected chi connectivity index (χ2v) is 7.57. The highest BCUT2D eigenvalue weighted by molar-refractivity contribution is 5.99. The maximum atomic E-state index is 12.9. The first-order valence-electron chi connectivity index (χ1n) is 9.67. The lowest BCUT2D eigenvalue weighted by Gasteiger charge is -2.27. The molecule has 6 heteroatoms. The summed E-state index contributed by atoms with van der Waals surface area (Å²) in [6.45, 7) is 7.46. The van der Waals surface area contributed by atoms with Crippen molar-refractivity contribution >= 4 is 23.4 Å². The van der Waals surface area contributed by atoms with Gasteiger partial charge in [0.2, 0.25) is 11.8 Å². The Bertz CT molecular complexity index is 858. The van der Waals surface area contributed by atoms with E-state index in [0.717, 1.165) is 16.8 Å². The lowest BCUT2D eigenvalue weighted by molar-refractivity contribution is -0.135. The molecule has 0 bridgehead atoms. The van der Waals surface area contributed by atoms with Crippen molar-refractivity contribution in [1.82, 2.24) is 10.2 Å². The Kier molecular flexibility index (Phi) is 7.53. The second kappa shape index (κ2) is 9.87. The van der Waals surface area contributed by atoms with Crippen LogP contribution in [0.2, 0.25) is 0 Å². The number of rotatable bonds is 7. The van der Waals surface area contributed by atoms with Gasteiger partial charge in [-0.25, -0.2) is 0 Å². The van der Waals surface area contributed by atoms with Gasteiger partial charge in [0.15, 0.2) is 0 Å². The van der Waals surface area contributed by atoms with Gasteiger partial charge in [-0.1, -0.05) is 50.2 Å². The standard InChI is InChI=1S/C23H29N3O3/c1-15(2)20(25-22(28)18-12-7-6-8-13-18)23(29)26(5)14-19(27)24-21-16(3)10-9-11-17(21)4/h6-13,15,20H,14H2,1-5H3,(H,24,27)(H,25,28). The van der Waals surface area contributed by atoms with Crippen molar-refractivity contribution < 1.29 is 14.4 Å². The zero-order chi connectivity index (χ0) is 21.6. The van der Waals surface area contributed by atoms with Gasteiger partial charge in [0.05, 0.1) is 6.54 Å². The number of hydrogen-bond acceptors (Lipinski definition) is 3. The number of hydrogen-bond donors (Lipinski definition) is 2. The highest BCUT2D eigenvalue weighted by Crippen LogP contribution is 2.19. The molecule has 6 nitrogen and oxygen atoms in total. The minimum atomic E-state index is -0.722. The highest BCUT2D eigenvalue weighted by atomic mass is 16.2. The van der Waals surface area contributed by atoms with E-state index in [1.807, 2.05) is 52.0 Å². The summed E-state index contributed by atoms with van der Waals surface area (Å²) in [6, 6.07) is 13.8. The van der Waals surface area contributed by atoms with Crippen LogP contribution in [0, 0.1) is 19.8 Å². The number of nitrogens with one attached hydrogen (secondary N) is 2. The molecule has 0 saturated carbocycles. The van der Waals surface area contributed by atoms with Gasteiger partial charge in [0.1, 0.15) is 6.04 Å². The van der Waals surface area contributed by atoms with Gasteiger partial charge in [0, 0.05) is 18.3 Å². The molecule has 0 aliphatic rings. The third-order valence-electron chi connectivity index (χ3n) is 4.76. The lowest BCUT2D eigenvalue weighted by atomic mass is 10.0. The topological polar surface area (TPSA) is 78.5 Å². The Hall–Kier alpha value is -3.15. The fraction of sp³-hybridized carbons (Fsp3) is 0.348. The van der Waals surface area contributed by atoms with Gasteiger partial charge in [-0.2, -0.15) is 0 Å². The molecule has 154 valence electrons. The Morgan fingerprint density at radius 3 is 2.07 bits per heavy atom. The van der Waals surface area contributed by atoms with E-state index in [9.17, 15) is 14.4 Å². The smallest absolute Gasteiger partial charge is 0.251 e. The van der Waals surface area contributed by atoms with Crippen molar-refractivity contribution in [3.8, 4) is 0 Å². The molecule has 2 aromatic rings. The molecule has 29 heavy (non-hydrogen) atoms. The van der Waals surface area contributed by atoms with Crippen LogP contribution in [0.4, 0.5) is 5.69 Å². The van der Waals surface area contributed by atoms with Gasteiger partial charge in [0.25, 0.3) is 5.91 Å². The number of anilines is 1. The van der Waals surface area contributed by atoms with Crippen LogP contribution >= 0.6 is 0 Å². The number of likely N-dealkylation sites (N-methyl/N-ethyl adjacent to an activating group) is 1. The average Bonchev–Trinajstić information content (AvgIpc) is 2.68. The van der Waals surface area contributed by atoms with Crippen LogP contribution in [0.15, 0.2) is 48.5 Å². The van der Waals surface area contributed by atoms with E-state index in [2.05, 4.69) is 10.6 Å². The summed E-state index contributed by atoms with van der Waals surface area (Å²) in [5.41, 5.74) is 3.17. The Balaban J connectivity index is 2.03. The monoisotopic (exact) mass is 395 g/mol. The summed E-state index contributed by atoms with van der Waals surface area (Å²) in [5.74, 6) is -1.03. The molecular weight excluding hydrogens is 366 g/mol. The van der Waals surface area contributed by atoms with Gasteiger partial charge < -0.3 is 15.5 Å². The van der Waals surface area contributed by atoms with Gasteiger partial charge in [-0.3, -0.25) is 14.4 Å². The molecule has 0 aliphatic heterocycles. The van der Waals surface area contributed by atoms with Gasteiger partial charge in [-0.05, 0) is 43.0 Å². The van der Waals surface area contributed by atoms with Crippen molar-refractivity contribution in [2.75, 3.05) is 18.9 Å². The van der Waals surface area contributed by atoms with Crippen LogP contribution in [0.25, 0.3) is 0 Å². The minimum Gasteiger partial charge on any atom is -0.340 e. The van der Waals surface area contributed by atoms with E-state index in [1.165, 1.54) is 4.90 Å². The highest BCUT2D eigenvalue weighted by Gasteiger charge is 2.28. The summed E-state index contributed by atoms with van der Waals surface area (Å²) < 4.78 is 0. The van der Waals surface area contributed by atoms with E-state index in [-0.39, 0.29) is 30.2 Å². The molecule has 0 aromatic heterocycles. The number of nitrogens with zero attached hydrogens (tertiary/aromatic N) is 1. The number of amides is 3. The van der Waals surface area contributed by atoms with Crippen LogP contribution in [0.1, 0.15) is 35.3 Å². The van der Waals surface area contributed by atoms with E-state index in [1.54, 1.807) is 31.3 Å². The number of carbonyl (C=O) groups excluding carboxylic acids is 3. The average molecular weight is 396 g/mol. The van der Waals surface area contributed by atoms with Crippen molar-refractivity contribution in [2.24, 2.45) is 5.92 Å². The molecule has 1 unspecified atom stereocenters. The molecule has 2 N–H and O–H groups in total. The summed E-state index contributed by atoms with van der Waals surface area (Å²) in [5, 5.41) is 5.67. The molecule has 2 aromatic carbocycles. The molecule has 2 rings (SSSR count). The molecule has 1 atom stereocenters. The fourth-order valence-electron chi connectivity index (χ4n) is 3.05. The molecule has 0 fully saturated rings. The Morgan fingerprint density at radius 2 is 1.52 bits per heavy atom. The predicted octanol–water partition coefficient (Wildman–Crippen LogP) is 3.15. The lowest BCUT2D eigenvalue weighted by Crippen LogP contribution is -2.51. The van der Waals surface area contributed by atoms with Crippen molar-refractivity contribution in [3.05, 3.63) is 65.2 Å². The largest absolute Gasteiger partial charge is 0.340 e. The van der Waals surface area contributed by atoms with Gasteiger partial charge >= 0.3 is 0 Å². The Labute approximate surface area is 172 Å². The predicted molar refractivity (Wildman–Crippen MR) is 115 cm³/mol. The first-order chi connectivity index (χ1) is 13.7. The zero-order valence-electron chi connectivity index (χ0n) is 17.7. The van der Waals surface area contributed by atoms with Gasteiger partial charge in [-0.15, -0.1) is 0 Å². The number of benzene rings is 2. The molecule has 0 spiro atoms. The fourth-order valence-corrected chi connectivity index (χ4v) is 3.05. The van der Waals surface area contributed by atoms with Crippen molar-refractivity contribution in [2.45, 2.75) is 33.7 Å². The van der Waals surface area contributed by atoms with Crippen molar-refractivity contribution in [1.29, 1.82) is 0 Å². The zero-order valence-corrected chi connectivity index (χ0v) is 17.7. The van der Waals surface area contributed by atoms with E-state index in [0.29, 0.717) is 5.56 Å². The van der Waals surface area contributed by atoms with Crippen LogP contribution in [0.5, 0.6) is 0 Å². The van der Waals surface area contributed by atoms with E-state index >= 15 is 0 Å². The van der Waals surface area contributed by atoms with Crippen LogP contribution in [-0.2, 0) is 9.59 Å². The quantitative estimate of drug-likeness (QED) is 0.756.